The average Bonchev–Trinajstić information content (AvgIpc) is 3.04. The maximum absolute atomic E-state index is 9.58. The van der Waals surface area contributed by atoms with Crippen molar-refractivity contribution in [3.8, 4) is 28.5 Å². The van der Waals surface area contributed by atoms with Gasteiger partial charge in [-0.05, 0) is 61.7 Å². The van der Waals surface area contributed by atoms with Crippen LogP contribution < -0.4 is 0 Å². The Morgan fingerprint density at radius 2 is 1.69 bits per heavy atom. The number of nitriles is 1. The zero-order chi connectivity index (χ0) is 20.4. The van der Waals surface area contributed by atoms with Gasteiger partial charge in [-0.25, -0.2) is 9.67 Å². The van der Waals surface area contributed by atoms with Crippen LogP contribution in [0.5, 0.6) is 0 Å². The third-order valence-electron chi connectivity index (χ3n) is 4.91. The van der Waals surface area contributed by atoms with Crippen LogP contribution in [0.25, 0.3) is 22.4 Å². The van der Waals surface area contributed by atoms with Crippen LogP contribution in [0.1, 0.15) is 28.3 Å². The van der Waals surface area contributed by atoms with Gasteiger partial charge in [-0.2, -0.15) is 10.4 Å². The van der Waals surface area contributed by atoms with E-state index in [1.807, 2.05) is 55.9 Å². The van der Waals surface area contributed by atoms with E-state index in [9.17, 15) is 5.26 Å². The van der Waals surface area contributed by atoms with E-state index in [1.165, 1.54) is 0 Å². The Labute approximate surface area is 170 Å². The van der Waals surface area contributed by atoms with Crippen LogP contribution in [-0.4, -0.2) is 19.7 Å². The summed E-state index contributed by atoms with van der Waals surface area (Å²) in [5.41, 5.74) is 6.77. The molecule has 4 rings (SSSR count). The number of hydrogen-bond donors (Lipinski definition) is 0. The van der Waals surface area contributed by atoms with Gasteiger partial charge < -0.3 is 0 Å². The first-order valence-corrected chi connectivity index (χ1v) is 9.48. The molecule has 0 N–H and O–H groups in total. The van der Waals surface area contributed by atoms with Gasteiger partial charge >= 0.3 is 0 Å². The Morgan fingerprint density at radius 1 is 0.931 bits per heavy atom. The maximum atomic E-state index is 9.58. The lowest BCUT2D eigenvalue weighted by Crippen LogP contribution is -2.04. The van der Waals surface area contributed by atoms with E-state index in [2.05, 4.69) is 51.5 Å². The van der Waals surface area contributed by atoms with Crippen molar-refractivity contribution in [2.45, 2.75) is 27.3 Å². The molecule has 5 nitrogen and oxygen atoms in total. The van der Waals surface area contributed by atoms with Gasteiger partial charge in [0.05, 0.1) is 23.9 Å². The molecule has 0 aliphatic rings. The van der Waals surface area contributed by atoms with Crippen molar-refractivity contribution >= 4 is 0 Å². The fourth-order valence-electron chi connectivity index (χ4n) is 3.41. The summed E-state index contributed by atoms with van der Waals surface area (Å²) in [6.07, 6.45) is 1.81. The van der Waals surface area contributed by atoms with Gasteiger partial charge in [-0.15, -0.1) is 0 Å². The van der Waals surface area contributed by atoms with Crippen LogP contribution in [0, 0.1) is 32.1 Å². The molecule has 2 heterocycles. The first-order chi connectivity index (χ1) is 14.0. The maximum Gasteiger partial charge on any atom is 0.147 e. The minimum absolute atomic E-state index is 0.650. The number of benzene rings is 2. The molecule has 0 fully saturated rings. The largest absolute Gasteiger partial charge is 0.256 e. The zero-order valence-electron chi connectivity index (χ0n) is 16.7. The summed E-state index contributed by atoms with van der Waals surface area (Å²) in [6.45, 7) is 6.57. The Bertz CT molecular complexity index is 1210. The van der Waals surface area contributed by atoms with Crippen molar-refractivity contribution in [2.24, 2.45) is 0 Å². The fraction of sp³-hybridized carbons (Fsp3) is 0.167. The molecule has 5 heteroatoms. The third-order valence-corrected chi connectivity index (χ3v) is 4.91. The van der Waals surface area contributed by atoms with Gasteiger partial charge in [-0.3, -0.25) is 4.98 Å². The van der Waals surface area contributed by atoms with E-state index < -0.39 is 0 Å². The van der Waals surface area contributed by atoms with Gasteiger partial charge in [0, 0.05) is 17.3 Å². The second kappa shape index (κ2) is 7.69. The highest BCUT2D eigenvalue weighted by Crippen LogP contribution is 2.29. The van der Waals surface area contributed by atoms with Crippen molar-refractivity contribution in [2.75, 3.05) is 0 Å². The monoisotopic (exact) mass is 379 g/mol. The van der Waals surface area contributed by atoms with Gasteiger partial charge in [0.15, 0.2) is 0 Å². The average molecular weight is 379 g/mol. The summed E-state index contributed by atoms with van der Waals surface area (Å²) < 4.78 is 1.90. The number of hydrogen-bond acceptors (Lipinski definition) is 4. The van der Waals surface area contributed by atoms with Crippen LogP contribution in [-0.2, 0) is 6.54 Å². The van der Waals surface area contributed by atoms with Crippen LogP contribution in [0.3, 0.4) is 0 Å². The quantitative estimate of drug-likeness (QED) is 0.508. The van der Waals surface area contributed by atoms with Gasteiger partial charge in [0.25, 0.3) is 0 Å². The lowest BCUT2D eigenvalue weighted by atomic mass is 9.95. The first kappa shape index (κ1) is 18.6. The molecular weight excluding hydrogens is 358 g/mol. The predicted molar refractivity (Wildman–Crippen MR) is 113 cm³/mol. The molecule has 2 aromatic carbocycles. The van der Waals surface area contributed by atoms with E-state index in [1.54, 1.807) is 0 Å². The number of aryl methyl sites for hydroxylation is 3. The van der Waals surface area contributed by atoms with E-state index in [0.717, 1.165) is 45.2 Å². The second-order valence-corrected chi connectivity index (χ2v) is 7.15. The molecule has 0 saturated heterocycles. The van der Waals surface area contributed by atoms with Crippen LogP contribution in [0.2, 0.25) is 0 Å². The van der Waals surface area contributed by atoms with E-state index in [4.69, 9.17) is 0 Å². The van der Waals surface area contributed by atoms with Gasteiger partial charge in [-0.1, -0.05) is 30.3 Å². The molecular formula is C24H21N5. The molecule has 2 aromatic heterocycles. The van der Waals surface area contributed by atoms with E-state index >= 15 is 0 Å². The Morgan fingerprint density at radius 3 is 2.34 bits per heavy atom. The van der Waals surface area contributed by atoms with Gasteiger partial charge in [0.2, 0.25) is 0 Å². The summed E-state index contributed by atoms with van der Waals surface area (Å²) in [5, 5.41) is 14.0. The third kappa shape index (κ3) is 3.92. The van der Waals surface area contributed by atoms with Crippen molar-refractivity contribution in [3.63, 3.8) is 0 Å². The summed E-state index contributed by atoms with van der Waals surface area (Å²) in [7, 11) is 0. The SMILES string of the molecule is Cc1ccnc(-c2ccc(C#N)c(-c3ccc(Cn4nc(C)nc4C)cc3)c2)c1. The Balaban J connectivity index is 1.67. The Hall–Kier alpha value is -3.78. The fourth-order valence-corrected chi connectivity index (χ4v) is 3.41. The minimum atomic E-state index is 0.650. The molecule has 0 saturated carbocycles. The molecule has 0 aliphatic heterocycles. The van der Waals surface area contributed by atoms with Crippen molar-refractivity contribution in [1.29, 1.82) is 5.26 Å². The van der Waals surface area contributed by atoms with Crippen LogP contribution in [0.15, 0.2) is 60.8 Å². The van der Waals surface area contributed by atoms with Crippen molar-refractivity contribution < 1.29 is 0 Å². The molecule has 142 valence electrons. The lowest BCUT2D eigenvalue weighted by molar-refractivity contribution is 0.656. The molecule has 0 bridgehead atoms. The second-order valence-electron chi connectivity index (χ2n) is 7.15. The lowest BCUT2D eigenvalue weighted by Gasteiger charge is -2.10. The summed E-state index contributed by atoms with van der Waals surface area (Å²) >= 11 is 0. The number of rotatable bonds is 4. The van der Waals surface area contributed by atoms with E-state index in [-0.39, 0.29) is 0 Å². The summed E-state index contributed by atoms with van der Waals surface area (Å²) in [5.74, 6) is 1.68. The van der Waals surface area contributed by atoms with Crippen molar-refractivity contribution in [3.05, 3.63) is 89.1 Å². The smallest absolute Gasteiger partial charge is 0.147 e. The highest BCUT2D eigenvalue weighted by Gasteiger charge is 2.10. The predicted octanol–water partition coefficient (Wildman–Crippen LogP) is 4.85. The molecule has 29 heavy (non-hydrogen) atoms. The highest BCUT2D eigenvalue weighted by molar-refractivity contribution is 5.76. The summed E-state index contributed by atoms with van der Waals surface area (Å²) in [6, 6.07) is 20.5. The number of aromatic nitrogens is 4. The molecule has 0 spiro atoms. The number of pyridine rings is 1. The molecule has 4 aromatic rings. The van der Waals surface area contributed by atoms with E-state index in [0.29, 0.717) is 12.1 Å². The minimum Gasteiger partial charge on any atom is -0.256 e. The normalized spacial score (nSPS) is 10.7. The highest BCUT2D eigenvalue weighted by atomic mass is 15.3. The first-order valence-electron chi connectivity index (χ1n) is 9.48. The molecule has 0 unspecified atom stereocenters. The van der Waals surface area contributed by atoms with Crippen molar-refractivity contribution in [1.82, 2.24) is 19.7 Å². The molecule has 0 aliphatic carbocycles. The molecule has 0 atom stereocenters. The molecule has 0 amide bonds. The van der Waals surface area contributed by atoms with Crippen LogP contribution in [0.4, 0.5) is 0 Å². The van der Waals surface area contributed by atoms with Gasteiger partial charge in [0.1, 0.15) is 11.6 Å². The topological polar surface area (TPSA) is 67.4 Å². The zero-order valence-corrected chi connectivity index (χ0v) is 16.7. The number of nitrogens with zero attached hydrogens (tertiary/aromatic N) is 5. The Kier molecular flexibility index (Phi) is 4.92. The molecule has 0 radical (unpaired) electrons. The van der Waals surface area contributed by atoms with Crippen LogP contribution >= 0.6 is 0 Å². The standard InChI is InChI=1S/C24H21N5/c1-16-10-11-26-24(12-16)21-8-9-22(14-25)23(13-21)20-6-4-19(5-7-20)15-29-18(3)27-17(2)28-29/h4-13H,15H2,1-3H3. The summed E-state index contributed by atoms with van der Waals surface area (Å²) in [4.78, 5) is 8.82.